The van der Waals surface area contributed by atoms with E-state index < -0.39 is 11.9 Å². The lowest BCUT2D eigenvalue weighted by atomic mass is 9.70. The van der Waals surface area contributed by atoms with Crippen molar-refractivity contribution in [3.63, 3.8) is 0 Å². The number of carboxylic acids is 1. The van der Waals surface area contributed by atoms with Gasteiger partial charge in [-0.05, 0) is 49.9 Å². The van der Waals surface area contributed by atoms with Crippen LogP contribution in [-0.4, -0.2) is 34.1 Å². The van der Waals surface area contributed by atoms with Crippen molar-refractivity contribution in [1.29, 1.82) is 0 Å². The van der Waals surface area contributed by atoms with Gasteiger partial charge in [-0.2, -0.15) is 0 Å². The van der Waals surface area contributed by atoms with Gasteiger partial charge in [-0.15, -0.1) is 0 Å². The largest absolute Gasteiger partial charge is 0.489 e. The standard InChI is InChI=1S/C29H27BrClNO5/c30-18-11-12-25(37-16-17-5-1-2-6-20(17)31)19(15-18)27-28-21(7-3-9-23(28)33)32(14-13-26(35)36)22-8-4-10-24(34)29(22)27/h1-2,5-6,11-12,15,27H,3-4,7-10,13-14,16H2,(H,35,36). The zero-order chi connectivity index (χ0) is 26.1. The Balaban J connectivity index is 1.64. The van der Waals surface area contributed by atoms with Crippen molar-refractivity contribution in [2.75, 3.05) is 6.54 Å². The average Bonchev–Trinajstić information content (AvgIpc) is 2.87. The highest BCUT2D eigenvalue weighted by Gasteiger charge is 2.44. The van der Waals surface area contributed by atoms with Gasteiger partial charge >= 0.3 is 5.97 Å². The second-order valence-electron chi connectivity index (χ2n) is 9.56. The number of hydrogen-bond acceptors (Lipinski definition) is 5. The van der Waals surface area contributed by atoms with Crippen molar-refractivity contribution < 1.29 is 24.2 Å². The first kappa shape index (κ1) is 25.7. The molecule has 0 spiro atoms. The van der Waals surface area contributed by atoms with Crippen molar-refractivity contribution in [3.05, 3.63) is 85.6 Å². The zero-order valence-corrected chi connectivity index (χ0v) is 22.6. The number of carboxylic acid groups (broad SMARTS) is 1. The van der Waals surface area contributed by atoms with Crippen LogP contribution in [0.4, 0.5) is 0 Å². The van der Waals surface area contributed by atoms with Crippen LogP contribution in [0.15, 0.2) is 69.5 Å². The van der Waals surface area contributed by atoms with Gasteiger partial charge in [0.05, 0.1) is 6.42 Å². The molecule has 8 heteroatoms. The van der Waals surface area contributed by atoms with E-state index >= 15 is 0 Å². The Morgan fingerprint density at radius 2 is 1.65 bits per heavy atom. The Hall–Kier alpha value is -2.90. The Labute approximate surface area is 229 Å². The predicted octanol–water partition coefficient (Wildman–Crippen LogP) is 6.57. The predicted molar refractivity (Wildman–Crippen MR) is 143 cm³/mol. The smallest absolute Gasteiger partial charge is 0.305 e. The summed E-state index contributed by atoms with van der Waals surface area (Å²) >= 11 is 9.93. The molecule has 0 fully saturated rings. The van der Waals surface area contributed by atoms with E-state index in [1.165, 1.54) is 0 Å². The van der Waals surface area contributed by atoms with Crippen LogP contribution in [0.3, 0.4) is 0 Å². The first-order valence-electron chi connectivity index (χ1n) is 12.5. The van der Waals surface area contributed by atoms with Gasteiger partial charge < -0.3 is 14.7 Å². The van der Waals surface area contributed by atoms with E-state index in [2.05, 4.69) is 15.9 Å². The van der Waals surface area contributed by atoms with Crippen molar-refractivity contribution in [2.45, 2.75) is 57.5 Å². The fraction of sp³-hybridized carbons (Fsp3) is 0.345. The van der Waals surface area contributed by atoms with Crippen molar-refractivity contribution in [3.8, 4) is 5.75 Å². The number of ether oxygens (including phenoxy) is 1. The maximum Gasteiger partial charge on any atom is 0.305 e. The quantitative estimate of drug-likeness (QED) is 0.396. The molecular weight excluding hydrogens is 558 g/mol. The van der Waals surface area contributed by atoms with Crippen LogP contribution in [0.25, 0.3) is 0 Å². The minimum absolute atomic E-state index is 0.00790. The summed E-state index contributed by atoms with van der Waals surface area (Å²) in [7, 11) is 0. The Morgan fingerprint density at radius 1 is 1.00 bits per heavy atom. The lowest BCUT2D eigenvalue weighted by Gasteiger charge is -2.44. The number of Topliss-reactive ketones (excluding diaryl/α,β-unsaturated/α-hetero) is 2. The number of ketones is 2. The van der Waals surface area contributed by atoms with Crippen molar-refractivity contribution in [1.82, 2.24) is 4.90 Å². The van der Waals surface area contributed by atoms with E-state index in [1.807, 2.05) is 47.4 Å². The van der Waals surface area contributed by atoms with Crippen LogP contribution >= 0.6 is 27.5 Å². The summed E-state index contributed by atoms with van der Waals surface area (Å²) in [4.78, 5) is 40.4. The lowest BCUT2D eigenvalue weighted by Crippen LogP contribution is -2.40. The minimum atomic E-state index is -0.905. The Bertz CT molecular complexity index is 1300. The molecule has 2 aliphatic carbocycles. The highest BCUT2D eigenvalue weighted by Crippen LogP contribution is 2.51. The first-order valence-corrected chi connectivity index (χ1v) is 13.7. The maximum absolute atomic E-state index is 13.5. The van der Waals surface area contributed by atoms with E-state index in [0.29, 0.717) is 60.4 Å². The van der Waals surface area contributed by atoms with E-state index in [9.17, 15) is 19.5 Å². The van der Waals surface area contributed by atoms with Crippen LogP contribution in [-0.2, 0) is 21.0 Å². The minimum Gasteiger partial charge on any atom is -0.489 e. The summed E-state index contributed by atoms with van der Waals surface area (Å²) in [6.07, 6.45) is 3.50. The van der Waals surface area contributed by atoms with Crippen molar-refractivity contribution in [2.24, 2.45) is 0 Å². The molecule has 1 N–H and O–H groups in total. The second-order valence-corrected chi connectivity index (χ2v) is 10.9. The molecule has 1 heterocycles. The molecule has 0 radical (unpaired) electrons. The lowest BCUT2D eigenvalue weighted by molar-refractivity contribution is -0.137. The molecule has 3 aliphatic rings. The third-order valence-electron chi connectivity index (χ3n) is 7.26. The molecular formula is C29H27BrClNO5. The van der Waals surface area contributed by atoms with Crippen LogP contribution in [0, 0.1) is 0 Å². The SMILES string of the molecule is O=C(O)CCN1C2=C(C(=O)CCC2)C(c2cc(Br)ccc2OCc2ccccc2Cl)C2=C1CCCC2=O. The number of allylic oxidation sites excluding steroid dienone is 4. The monoisotopic (exact) mass is 583 g/mol. The summed E-state index contributed by atoms with van der Waals surface area (Å²) in [5.74, 6) is -0.854. The molecule has 0 amide bonds. The number of aliphatic carboxylic acids is 1. The number of hydrogen-bond donors (Lipinski definition) is 1. The summed E-state index contributed by atoms with van der Waals surface area (Å²) in [5.41, 5.74) is 4.51. The summed E-state index contributed by atoms with van der Waals surface area (Å²) in [6.45, 7) is 0.486. The van der Waals surface area contributed by atoms with Gasteiger partial charge in [0, 0.05) is 68.5 Å². The molecule has 5 rings (SSSR count). The molecule has 0 atom stereocenters. The number of carbonyl (C=O) groups excluding carboxylic acids is 2. The maximum atomic E-state index is 13.5. The summed E-state index contributed by atoms with van der Waals surface area (Å²) in [6, 6.07) is 13.1. The normalized spacial score (nSPS) is 18.2. The molecule has 0 aromatic heterocycles. The number of carbonyl (C=O) groups is 3. The zero-order valence-electron chi connectivity index (χ0n) is 20.3. The molecule has 2 aromatic carbocycles. The molecule has 37 heavy (non-hydrogen) atoms. The average molecular weight is 585 g/mol. The molecule has 192 valence electrons. The molecule has 2 aromatic rings. The summed E-state index contributed by atoms with van der Waals surface area (Å²) < 4.78 is 7.10. The molecule has 0 bridgehead atoms. The molecule has 0 unspecified atom stereocenters. The third kappa shape index (κ3) is 5.12. The van der Waals surface area contributed by atoms with Crippen LogP contribution in [0.1, 0.15) is 62.0 Å². The van der Waals surface area contributed by atoms with Crippen LogP contribution < -0.4 is 4.74 Å². The molecule has 0 saturated heterocycles. The van der Waals surface area contributed by atoms with E-state index in [-0.39, 0.29) is 31.1 Å². The fourth-order valence-electron chi connectivity index (χ4n) is 5.65. The second kappa shape index (κ2) is 10.8. The number of rotatable bonds is 7. The van der Waals surface area contributed by atoms with Gasteiger partial charge in [0.15, 0.2) is 11.6 Å². The van der Waals surface area contributed by atoms with Crippen LogP contribution in [0.5, 0.6) is 5.75 Å². The molecule has 1 aliphatic heterocycles. The number of nitrogens with zero attached hydrogens (tertiary/aromatic N) is 1. The number of benzene rings is 2. The first-order chi connectivity index (χ1) is 17.8. The highest BCUT2D eigenvalue weighted by molar-refractivity contribution is 9.10. The van der Waals surface area contributed by atoms with Gasteiger partial charge in [-0.3, -0.25) is 14.4 Å². The summed E-state index contributed by atoms with van der Waals surface area (Å²) in [5, 5.41) is 9.99. The van der Waals surface area contributed by atoms with Gasteiger partial charge in [0.2, 0.25) is 0 Å². The Morgan fingerprint density at radius 3 is 2.27 bits per heavy atom. The van der Waals surface area contributed by atoms with E-state index in [1.54, 1.807) is 0 Å². The van der Waals surface area contributed by atoms with E-state index in [0.717, 1.165) is 27.0 Å². The molecule has 6 nitrogen and oxygen atoms in total. The number of halogens is 2. The third-order valence-corrected chi connectivity index (χ3v) is 8.12. The van der Waals surface area contributed by atoms with Gasteiger partial charge in [0.1, 0.15) is 12.4 Å². The van der Waals surface area contributed by atoms with E-state index in [4.69, 9.17) is 16.3 Å². The van der Waals surface area contributed by atoms with Crippen molar-refractivity contribution >= 4 is 45.1 Å². The van der Waals surface area contributed by atoms with Crippen LogP contribution in [0.2, 0.25) is 5.02 Å². The fourth-order valence-corrected chi connectivity index (χ4v) is 6.22. The topological polar surface area (TPSA) is 83.9 Å². The van der Waals surface area contributed by atoms with Gasteiger partial charge in [-0.1, -0.05) is 45.7 Å². The van der Waals surface area contributed by atoms with Gasteiger partial charge in [0.25, 0.3) is 0 Å². The highest BCUT2D eigenvalue weighted by atomic mass is 79.9. The Kier molecular flexibility index (Phi) is 7.54. The van der Waals surface area contributed by atoms with Gasteiger partial charge in [-0.25, -0.2) is 0 Å². The molecule has 0 saturated carbocycles.